The van der Waals surface area contributed by atoms with E-state index in [1.807, 2.05) is 6.92 Å². The Bertz CT molecular complexity index is 509. The number of rotatable bonds is 5. The van der Waals surface area contributed by atoms with Crippen molar-refractivity contribution in [3.8, 4) is 11.5 Å². The number of Topliss-reactive ketones (excluding diaryl/α,β-unsaturated/α-hetero) is 1. The van der Waals surface area contributed by atoms with Crippen molar-refractivity contribution in [2.75, 3.05) is 13.2 Å². The van der Waals surface area contributed by atoms with Crippen molar-refractivity contribution in [1.29, 1.82) is 0 Å². The number of ether oxygens (including phenoxy) is 2. The number of benzene rings is 1. The molecular weight excluding hydrogens is 260 g/mol. The molecule has 0 fully saturated rings. The average molecular weight is 278 g/mol. The first-order valence-electron chi connectivity index (χ1n) is 6.71. The molecule has 0 aromatic heterocycles. The third-order valence-electron chi connectivity index (χ3n) is 3.11. The van der Waals surface area contributed by atoms with E-state index in [0.717, 1.165) is 0 Å². The van der Waals surface area contributed by atoms with Gasteiger partial charge >= 0.3 is 5.97 Å². The van der Waals surface area contributed by atoms with Gasteiger partial charge in [0.1, 0.15) is 0 Å². The summed E-state index contributed by atoms with van der Waals surface area (Å²) < 4.78 is 11.2. The topological polar surface area (TPSA) is 72.8 Å². The molecule has 1 aromatic rings. The zero-order valence-corrected chi connectivity index (χ0v) is 11.4. The second-order valence-corrected chi connectivity index (χ2v) is 5.06. The fraction of sp³-hybridized carbons (Fsp3) is 0.467. The molecule has 0 aliphatic carbocycles. The van der Waals surface area contributed by atoms with E-state index in [-0.39, 0.29) is 18.6 Å². The van der Waals surface area contributed by atoms with E-state index in [1.165, 1.54) is 0 Å². The summed E-state index contributed by atoms with van der Waals surface area (Å²) in [6, 6.07) is 5.11. The standard InChI is InChI=1S/C15H18O5/c1-10-8-19-13-6-5-11(7-14(13)20-9-10)12(16)3-2-4-15(17)18/h5-7,10H,2-4,8-9H2,1H3,(H,17,18). The molecule has 0 spiro atoms. The van der Waals surface area contributed by atoms with Crippen LogP contribution in [0.2, 0.25) is 0 Å². The second-order valence-electron chi connectivity index (χ2n) is 5.06. The Labute approximate surface area is 117 Å². The van der Waals surface area contributed by atoms with E-state index in [2.05, 4.69) is 0 Å². The highest BCUT2D eigenvalue weighted by Crippen LogP contribution is 2.31. The maximum absolute atomic E-state index is 12.0. The summed E-state index contributed by atoms with van der Waals surface area (Å²) in [6.07, 6.45) is 0.579. The Hall–Kier alpha value is -2.04. The summed E-state index contributed by atoms with van der Waals surface area (Å²) in [5.74, 6) is 0.576. The average Bonchev–Trinajstić information content (AvgIpc) is 2.60. The first kappa shape index (κ1) is 14.4. The van der Waals surface area contributed by atoms with Crippen molar-refractivity contribution < 1.29 is 24.2 Å². The molecule has 5 nitrogen and oxygen atoms in total. The van der Waals surface area contributed by atoms with Gasteiger partial charge in [0.05, 0.1) is 13.2 Å². The Morgan fingerprint density at radius 1 is 1.20 bits per heavy atom. The zero-order chi connectivity index (χ0) is 14.5. The van der Waals surface area contributed by atoms with Crippen LogP contribution in [0.3, 0.4) is 0 Å². The number of aliphatic carboxylic acids is 1. The van der Waals surface area contributed by atoms with Crippen molar-refractivity contribution in [3.05, 3.63) is 23.8 Å². The molecule has 0 saturated carbocycles. The van der Waals surface area contributed by atoms with Gasteiger partial charge in [0.25, 0.3) is 0 Å². The van der Waals surface area contributed by atoms with Gasteiger partial charge in [0.2, 0.25) is 0 Å². The SMILES string of the molecule is CC1COc2ccc(C(=O)CCCC(=O)O)cc2OC1. The molecule has 1 N–H and O–H groups in total. The Kier molecular flexibility index (Phi) is 4.61. The van der Waals surface area contributed by atoms with Crippen LogP contribution in [-0.4, -0.2) is 30.1 Å². The van der Waals surface area contributed by atoms with Crippen LogP contribution in [0.15, 0.2) is 18.2 Å². The third kappa shape index (κ3) is 3.73. The molecule has 0 amide bonds. The molecule has 1 aliphatic heterocycles. The first-order chi connectivity index (χ1) is 9.56. The summed E-state index contributed by atoms with van der Waals surface area (Å²) >= 11 is 0. The zero-order valence-electron chi connectivity index (χ0n) is 11.4. The Morgan fingerprint density at radius 2 is 1.90 bits per heavy atom. The van der Waals surface area contributed by atoms with Gasteiger partial charge < -0.3 is 14.6 Å². The fourth-order valence-corrected chi connectivity index (χ4v) is 1.97. The van der Waals surface area contributed by atoms with Gasteiger partial charge in [0, 0.05) is 24.3 Å². The van der Waals surface area contributed by atoms with Crippen molar-refractivity contribution >= 4 is 11.8 Å². The third-order valence-corrected chi connectivity index (χ3v) is 3.11. The molecule has 2 rings (SSSR count). The molecule has 0 radical (unpaired) electrons. The highest BCUT2D eigenvalue weighted by molar-refractivity contribution is 5.96. The second kappa shape index (κ2) is 6.41. The molecule has 1 unspecified atom stereocenters. The minimum Gasteiger partial charge on any atom is -0.489 e. The van der Waals surface area contributed by atoms with Crippen LogP contribution >= 0.6 is 0 Å². The quantitative estimate of drug-likeness (QED) is 0.838. The minimum atomic E-state index is -0.884. The number of carbonyl (C=O) groups excluding carboxylic acids is 1. The maximum Gasteiger partial charge on any atom is 0.303 e. The van der Waals surface area contributed by atoms with Gasteiger partial charge in [-0.2, -0.15) is 0 Å². The largest absolute Gasteiger partial charge is 0.489 e. The number of carboxylic acids is 1. The highest BCUT2D eigenvalue weighted by Gasteiger charge is 2.17. The predicted molar refractivity (Wildman–Crippen MR) is 72.4 cm³/mol. The molecule has 1 atom stereocenters. The van der Waals surface area contributed by atoms with Crippen LogP contribution < -0.4 is 9.47 Å². The van der Waals surface area contributed by atoms with Gasteiger partial charge in [-0.15, -0.1) is 0 Å². The molecule has 1 aromatic carbocycles. The lowest BCUT2D eigenvalue weighted by Crippen LogP contribution is -2.12. The highest BCUT2D eigenvalue weighted by atomic mass is 16.5. The predicted octanol–water partition coefficient (Wildman–Crippen LogP) is 2.53. The molecule has 5 heteroatoms. The summed E-state index contributed by atoms with van der Waals surface area (Å²) in [7, 11) is 0. The van der Waals surface area contributed by atoms with E-state index in [9.17, 15) is 9.59 Å². The molecule has 0 saturated heterocycles. The van der Waals surface area contributed by atoms with Crippen LogP contribution in [0.1, 0.15) is 36.5 Å². The lowest BCUT2D eigenvalue weighted by atomic mass is 10.0. The Morgan fingerprint density at radius 3 is 2.60 bits per heavy atom. The number of carboxylic acid groups (broad SMARTS) is 1. The van der Waals surface area contributed by atoms with E-state index >= 15 is 0 Å². The van der Waals surface area contributed by atoms with Gasteiger partial charge in [-0.3, -0.25) is 9.59 Å². The lowest BCUT2D eigenvalue weighted by molar-refractivity contribution is -0.137. The van der Waals surface area contributed by atoms with Crippen molar-refractivity contribution in [2.45, 2.75) is 26.2 Å². The summed E-state index contributed by atoms with van der Waals surface area (Å²) in [4.78, 5) is 22.4. The molecule has 0 bridgehead atoms. The molecular formula is C15H18O5. The van der Waals surface area contributed by atoms with Crippen molar-refractivity contribution in [1.82, 2.24) is 0 Å². The van der Waals surface area contributed by atoms with Crippen LogP contribution in [0, 0.1) is 5.92 Å². The van der Waals surface area contributed by atoms with Gasteiger partial charge in [-0.1, -0.05) is 6.92 Å². The van der Waals surface area contributed by atoms with Gasteiger partial charge in [-0.25, -0.2) is 0 Å². The lowest BCUT2D eigenvalue weighted by Gasteiger charge is -2.08. The maximum atomic E-state index is 12.0. The Balaban J connectivity index is 2.03. The van der Waals surface area contributed by atoms with Crippen LogP contribution in [0.4, 0.5) is 0 Å². The first-order valence-corrected chi connectivity index (χ1v) is 6.71. The molecule has 1 aliphatic rings. The number of carbonyl (C=O) groups is 2. The van der Waals surface area contributed by atoms with Crippen molar-refractivity contribution in [3.63, 3.8) is 0 Å². The van der Waals surface area contributed by atoms with Crippen LogP contribution in [0.25, 0.3) is 0 Å². The van der Waals surface area contributed by atoms with E-state index in [1.54, 1.807) is 18.2 Å². The van der Waals surface area contributed by atoms with Gasteiger partial charge in [-0.05, 0) is 24.6 Å². The fourth-order valence-electron chi connectivity index (χ4n) is 1.97. The van der Waals surface area contributed by atoms with E-state index < -0.39 is 5.97 Å². The number of hydrogen-bond acceptors (Lipinski definition) is 4. The minimum absolute atomic E-state index is 0.00774. The molecule has 1 heterocycles. The summed E-state index contributed by atoms with van der Waals surface area (Å²) in [5, 5.41) is 8.56. The van der Waals surface area contributed by atoms with E-state index in [0.29, 0.717) is 42.6 Å². The normalized spacial score (nSPS) is 17.4. The van der Waals surface area contributed by atoms with Gasteiger partial charge in [0.15, 0.2) is 17.3 Å². The van der Waals surface area contributed by atoms with Crippen molar-refractivity contribution in [2.24, 2.45) is 5.92 Å². The van der Waals surface area contributed by atoms with Crippen LogP contribution in [-0.2, 0) is 4.79 Å². The number of hydrogen-bond donors (Lipinski definition) is 1. The summed E-state index contributed by atoms with van der Waals surface area (Å²) in [6.45, 7) is 3.19. The number of ketones is 1. The summed E-state index contributed by atoms with van der Waals surface area (Å²) in [5.41, 5.74) is 0.535. The number of fused-ring (bicyclic) bond motifs is 1. The smallest absolute Gasteiger partial charge is 0.303 e. The van der Waals surface area contributed by atoms with Crippen LogP contribution in [0.5, 0.6) is 11.5 Å². The molecule has 108 valence electrons. The monoisotopic (exact) mass is 278 g/mol. The van der Waals surface area contributed by atoms with E-state index in [4.69, 9.17) is 14.6 Å². The molecule has 20 heavy (non-hydrogen) atoms.